The van der Waals surface area contributed by atoms with Crippen LogP contribution in [0.3, 0.4) is 0 Å². The van der Waals surface area contributed by atoms with Gasteiger partial charge in [0.25, 0.3) is 0 Å². The molecular formula is C11H18N2OS. The van der Waals surface area contributed by atoms with E-state index in [4.69, 9.17) is 0 Å². The molecule has 1 heterocycles. The predicted octanol–water partition coefficient (Wildman–Crippen LogP) is 2.19. The summed E-state index contributed by atoms with van der Waals surface area (Å²) in [7, 11) is 2.02. The van der Waals surface area contributed by atoms with Gasteiger partial charge in [0.2, 0.25) is 0 Å². The van der Waals surface area contributed by atoms with Crippen molar-refractivity contribution in [3.63, 3.8) is 0 Å². The first-order valence-electron chi connectivity index (χ1n) is 5.11. The van der Waals surface area contributed by atoms with E-state index in [-0.39, 0.29) is 5.41 Å². The molecule has 0 aliphatic carbocycles. The summed E-state index contributed by atoms with van der Waals surface area (Å²) in [6, 6.07) is 0. The van der Waals surface area contributed by atoms with Crippen molar-refractivity contribution >= 4 is 17.6 Å². The standard InChI is InChI=1S/C11H18N2OS/c1-4-11(2,8-14)7-13(3)5-10-6-15-9-12-10/h6,8-9H,4-5,7H2,1-3H3. The number of rotatable bonds is 6. The summed E-state index contributed by atoms with van der Waals surface area (Å²) in [6.07, 6.45) is 1.93. The minimum absolute atomic E-state index is 0.231. The number of hydrogen-bond acceptors (Lipinski definition) is 4. The van der Waals surface area contributed by atoms with E-state index >= 15 is 0 Å². The second kappa shape index (κ2) is 5.37. The summed E-state index contributed by atoms with van der Waals surface area (Å²) >= 11 is 1.60. The van der Waals surface area contributed by atoms with Crippen LogP contribution in [0, 0.1) is 5.41 Å². The Morgan fingerprint density at radius 2 is 2.40 bits per heavy atom. The summed E-state index contributed by atoms with van der Waals surface area (Å²) in [5.41, 5.74) is 2.68. The van der Waals surface area contributed by atoms with Gasteiger partial charge in [-0.25, -0.2) is 4.98 Å². The molecule has 1 rings (SSSR count). The average Bonchev–Trinajstić information content (AvgIpc) is 2.70. The van der Waals surface area contributed by atoms with Crippen molar-refractivity contribution < 1.29 is 4.79 Å². The SMILES string of the molecule is CCC(C)(C=O)CN(C)Cc1cscn1. The van der Waals surface area contributed by atoms with E-state index in [2.05, 4.69) is 9.88 Å². The van der Waals surface area contributed by atoms with Crippen molar-refractivity contribution in [2.75, 3.05) is 13.6 Å². The van der Waals surface area contributed by atoms with Gasteiger partial charge in [0.1, 0.15) is 6.29 Å². The van der Waals surface area contributed by atoms with Crippen molar-refractivity contribution in [3.05, 3.63) is 16.6 Å². The first-order valence-corrected chi connectivity index (χ1v) is 6.06. The largest absolute Gasteiger partial charge is 0.303 e. The first kappa shape index (κ1) is 12.3. The van der Waals surface area contributed by atoms with E-state index < -0.39 is 0 Å². The van der Waals surface area contributed by atoms with E-state index in [1.165, 1.54) is 0 Å². The molecule has 3 nitrogen and oxygen atoms in total. The van der Waals surface area contributed by atoms with Crippen molar-refractivity contribution in [1.82, 2.24) is 9.88 Å². The summed E-state index contributed by atoms with van der Waals surface area (Å²) in [6.45, 7) is 5.64. The Labute approximate surface area is 95.1 Å². The predicted molar refractivity (Wildman–Crippen MR) is 62.9 cm³/mol. The van der Waals surface area contributed by atoms with Crippen LogP contribution < -0.4 is 0 Å². The van der Waals surface area contributed by atoms with Crippen LogP contribution in [0.2, 0.25) is 0 Å². The Bertz CT molecular complexity index is 300. The van der Waals surface area contributed by atoms with Gasteiger partial charge in [0.05, 0.1) is 11.2 Å². The molecule has 84 valence electrons. The minimum atomic E-state index is -0.231. The molecule has 0 bridgehead atoms. The lowest BCUT2D eigenvalue weighted by Crippen LogP contribution is -2.34. The van der Waals surface area contributed by atoms with E-state index in [9.17, 15) is 4.79 Å². The average molecular weight is 226 g/mol. The molecule has 15 heavy (non-hydrogen) atoms. The zero-order valence-electron chi connectivity index (χ0n) is 9.56. The molecule has 0 aliphatic heterocycles. The van der Waals surface area contributed by atoms with E-state index in [0.29, 0.717) is 0 Å². The first-order chi connectivity index (χ1) is 7.09. The van der Waals surface area contributed by atoms with Crippen LogP contribution in [0.4, 0.5) is 0 Å². The Morgan fingerprint density at radius 1 is 1.67 bits per heavy atom. The summed E-state index contributed by atoms with van der Waals surface area (Å²) in [4.78, 5) is 17.3. The maximum Gasteiger partial charge on any atom is 0.127 e. The highest BCUT2D eigenvalue weighted by Crippen LogP contribution is 2.19. The molecule has 0 radical (unpaired) electrons. The Balaban J connectivity index is 2.48. The maximum atomic E-state index is 11.0. The molecule has 0 N–H and O–H groups in total. The molecule has 0 spiro atoms. The third-order valence-corrected chi connectivity index (χ3v) is 3.27. The second-order valence-corrected chi connectivity index (χ2v) is 5.00. The van der Waals surface area contributed by atoms with Crippen LogP contribution in [0.5, 0.6) is 0 Å². The van der Waals surface area contributed by atoms with Crippen LogP contribution >= 0.6 is 11.3 Å². The second-order valence-electron chi connectivity index (χ2n) is 4.28. The molecule has 1 aromatic rings. The Morgan fingerprint density at radius 3 is 2.87 bits per heavy atom. The number of thiazole rings is 1. The molecule has 4 heteroatoms. The highest BCUT2D eigenvalue weighted by atomic mass is 32.1. The fourth-order valence-electron chi connectivity index (χ4n) is 1.50. The van der Waals surface area contributed by atoms with Gasteiger partial charge in [0, 0.05) is 23.9 Å². The van der Waals surface area contributed by atoms with Gasteiger partial charge in [0.15, 0.2) is 0 Å². The molecular weight excluding hydrogens is 208 g/mol. The van der Waals surface area contributed by atoms with Crippen molar-refractivity contribution in [1.29, 1.82) is 0 Å². The molecule has 0 saturated heterocycles. The van der Waals surface area contributed by atoms with Gasteiger partial charge in [-0.2, -0.15) is 0 Å². The van der Waals surface area contributed by atoms with Crippen molar-refractivity contribution in [3.8, 4) is 0 Å². The zero-order valence-corrected chi connectivity index (χ0v) is 10.4. The molecule has 0 aromatic carbocycles. The summed E-state index contributed by atoms with van der Waals surface area (Å²) in [5.74, 6) is 0. The molecule has 1 aromatic heterocycles. The molecule has 0 fully saturated rings. The topological polar surface area (TPSA) is 33.2 Å². The Hall–Kier alpha value is -0.740. The van der Waals surface area contributed by atoms with Gasteiger partial charge in [-0.3, -0.25) is 4.90 Å². The molecule has 0 aliphatic rings. The molecule has 1 atom stereocenters. The van der Waals surface area contributed by atoms with Gasteiger partial charge < -0.3 is 4.79 Å². The smallest absolute Gasteiger partial charge is 0.127 e. The van der Waals surface area contributed by atoms with Crippen molar-refractivity contribution in [2.24, 2.45) is 5.41 Å². The number of aldehydes is 1. The van der Waals surface area contributed by atoms with Gasteiger partial charge in [-0.05, 0) is 13.5 Å². The summed E-state index contributed by atoms with van der Waals surface area (Å²) in [5, 5.41) is 2.04. The fourth-order valence-corrected chi connectivity index (χ4v) is 2.05. The Kier molecular flexibility index (Phi) is 4.42. The highest BCUT2D eigenvalue weighted by Gasteiger charge is 2.23. The van der Waals surface area contributed by atoms with Crippen LogP contribution in [0.15, 0.2) is 10.9 Å². The number of carbonyl (C=O) groups is 1. The lowest BCUT2D eigenvalue weighted by Gasteiger charge is -2.27. The lowest BCUT2D eigenvalue weighted by molar-refractivity contribution is -0.116. The van der Waals surface area contributed by atoms with Crippen LogP contribution in [-0.2, 0) is 11.3 Å². The number of nitrogens with zero attached hydrogens (tertiary/aromatic N) is 2. The monoisotopic (exact) mass is 226 g/mol. The minimum Gasteiger partial charge on any atom is -0.303 e. The van der Waals surface area contributed by atoms with Gasteiger partial charge in [-0.1, -0.05) is 13.8 Å². The van der Waals surface area contributed by atoms with E-state index in [0.717, 1.165) is 31.5 Å². The van der Waals surface area contributed by atoms with Crippen LogP contribution in [0.1, 0.15) is 26.0 Å². The number of carbonyl (C=O) groups excluding carboxylic acids is 1. The molecule has 0 amide bonds. The maximum absolute atomic E-state index is 11.0. The number of hydrogen-bond donors (Lipinski definition) is 0. The van der Waals surface area contributed by atoms with Crippen LogP contribution in [0.25, 0.3) is 0 Å². The highest BCUT2D eigenvalue weighted by molar-refractivity contribution is 7.07. The van der Waals surface area contributed by atoms with Gasteiger partial charge in [-0.15, -0.1) is 11.3 Å². The third kappa shape index (κ3) is 3.72. The van der Waals surface area contributed by atoms with Crippen molar-refractivity contribution in [2.45, 2.75) is 26.8 Å². The quantitative estimate of drug-likeness (QED) is 0.697. The normalized spacial score (nSPS) is 15.2. The third-order valence-electron chi connectivity index (χ3n) is 2.64. The molecule has 0 saturated carbocycles. The summed E-state index contributed by atoms with van der Waals surface area (Å²) < 4.78 is 0. The van der Waals surface area contributed by atoms with Gasteiger partial charge >= 0.3 is 0 Å². The molecule has 1 unspecified atom stereocenters. The fraction of sp³-hybridized carbons (Fsp3) is 0.636. The number of aromatic nitrogens is 1. The van der Waals surface area contributed by atoms with E-state index in [1.54, 1.807) is 11.3 Å². The lowest BCUT2D eigenvalue weighted by atomic mass is 9.89. The van der Waals surface area contributed by atoms with Crippen LogP contribution in [-0.4, -0.2) is 29.8 Å². The zero-order chi connectivity index (χ0) is 11.3. The van der Waals surface area contributed by atoms with E-state index in [1.807, 2.05) is 31.8 Å².